The number of imide groups is 1. The predicted octanol–water partition coefficient (Wildman–Crippen LogP) is 2.31. The van der Waals surface area contributed by atoms with Crippen LogP contribution in [0.1, 0.15) is 22.8 Å². The van der Waals surface area contributed by atoms with Gasteiger partial charge in [0.2, 0.25) is 12.3 Å². The summed E-state index contributed by atoms with van der Waals surface area (Å²) >= 11 is 0. The number of ether oxygens (including phenoxy) is 1. The largest absolute Gasteiger partial charge is 0.449 e. The monoisotopic (exact) mass is 394 g/mol. The summed E-state index contributed by atoms with van der Waals surface area (Å²) in [4.78, 5) is 36.1. The van der Waals surface area contributed by atoms with Crippen LogP contribution in [0.15, 0.2) is 65.4 Å². The predicted molar refractivity (Wildman–Crippen MR) is 101 cm³/mol. The SMILES string of the molecule is C[C@@H](OC(=O)c1ccc(-c2nnco2)cc1)C(=O)NC(=O)NCc1ccccc1. The lowest BCUT2D eigenvalue weighted by Crippen LogP contribution is -2.44. The van der Waals surface area contributed by atoms with Gasteiger partial charge in [-0.15, -0.1) is 10.2 Å². The first kappa shape index (κ1) is 19.7. The van der Waals surface area contributed by atoms with Gasteiger partial charge in [0.05, 0.1) is 5.56 Å². The molecule has 1 aromatic heterocycles. The number of nitrogens with zero attached hydrogens (tertiary/aromatic N) is 2. The average Bonchev–Trinajstić information content (AvgIpc) is 3.28. The molecular weight excluding hydrogens is 376 g/mol. The first-order valence-corrected chi connectivity index (χ1v) is 8.73. The molecule has 3 aromatic rings. The molecule has 3 rings (SSSR count). The number of nitrogens with one attached hydrogen (secondary N) is 2. The van der Waals surface area contributed by atoms with Crippen molar-refractivity contribution >= 4 is 17.9 Å². The first-order valence-electron chi connectivity index (χ1n) is 8.73. The van der Waals surface area contributed by atoms with E-state index >= 15 is 0 Å². The van der Waals surface area contributed by atoms with Crippen molar-refractivity contribution < 1.29 is 23.5 Å². The maximum Gasteiger partial charge on any atom is 0.338 e. The molecule has 148 valence electrons. The zero-order valence-corrected chi connectivity index (χ0v) is 15.5. The van der Waals surface area contributed by atoms with Crippen molar-refractivity contribution in [2.45, 2.75) is 19.6 Å². The lowest BCUT2D eigenvalue weighted by molar-refractivity contribution is -0.127. The van der Waals surface area contributed by atoms with E-state index in [1.807, 2.05) is 30.3 Å². The van der Waals surface area contributed by atoms with Crippen LogP contribution in [-0.2, 0) is 16.1 Å². The minimum atomic E-state index is -1.15. The minimum Gasteiger partial charge on any atom is -0.449 e. The van der Waals surface area contributed by atoms with Crippen molar-refractivity contribution in [3.63, 3.8) is 0 Å². The van der Waals surface area contributed by atoms with Crippen molar-refractivity contribution in [2.24, 2.45) is 0 Å². The molecule has 29 heavy (non-hydrogen) atoms. The number of aromatic nitrogens is 2. The van der Waals surface area contributed by atoms with Gasteiger partial charge in [-0.25, -0.2) is 9.59 Å². The molecule has 2 N–H and O–H groups in total. The van der Waals surface area contributed by atoms with E-state index in [1.54, 1.807) is 12.1 Å². The normalized spacial score (nSPS) is 11.3. The number of carbonyl (C=O) groups excluding carboxylic acids is 3. The number of rotatable bonds is 6. The third kappa shape index (κ3) is 5.48. The van der Waals surface area contributed by atoms with E-state index in [0.717, 1.165) is 5.56 Å². The molecule has 0 saturated carbocycles. The quantitative estimate of drug-likeness (QED) is 0.615. The second kappa shape index (κ2) is 9.27. The van der Waals surface area contributed by atoms with Crippen LogP contribution in [-0.4, -0.2) is 34.2 Å². The smallest absolute Gasteiger partial charge is 0.338 e. The van der Waals surface area contributed by atoms with E-state index in [9.17, 15) is 14.4 Å². The van der Waals surface area contributed by atoms with Gasteiger partial charge in [0.25, 0.3) is 5.91 Å². The zero-order valence-electron chi connectivity index (χ0n) is 15.5. The van der Waals surface area contributed by atoms with Crippen molar-refractivity contribution in [3.8, 4) is 11.5 Å². The van der Waals surface area contributed by atoms with E-state index in [1.165, 1.54) is 25.5 Å². The third-order valence-corrected chi connectivity index (χ3v) is 3.91. The van der Waals surface area contributed by atoms with Gasteiger partial charge in [0.1, 0.15) is 0 Å². The summed E-state index contributed by atoms with van der Waals surface area (Å²) in [5, 5.41) is 12.1. The summed E-state index contributed by atoms with van der Waals surface area (Å²) < 4.78 is 10.2. The summed E-state index contributed by atoms with van der Waals surface area (Å²) in [5.74, 6) is -1.11. The second-order valence-electron chi connectivity index (χ2n) is 6.03. The highest BCUT2D eigenvalue weighted by Crippen LogP contribution is 2.17. The van der Waals surface area contributed by atoms with Gasteiger partial charge >= 0.3 is 12.0 Å². The first-order chi connectivity index (χ1) is 14.0. The van der Waals surface area contributed by atoms with Gasteiger partial charge < -0.3 is 14.5 Å². The third-order valence-electron chi connectivity index (χ3n) is 3.91. The van der Waals surface area contributed by atoms with E-state index in [0.29, 0.717) is 11.5 Å². The van der Waals surface area contributed by atoms with Crippen LogP contribution in [0, 0.1) is 0 Å². The van der Waals surface area contributed by atoms with Gasteiger partial charge in [-0.1, -0.05) is 30.3 Å². The maximum atomic E-state index is 12.2. The standard InChI is InChI=1S/C20H18N4O5/c1-13(17(25)23-20(27)21-11-14-5-3-2-4-6-14)29-19(26)16-9-7-15(8-10-16)18-24-22-12-28-18/h2-10,12-13H,11H2,1H3,(H2,21,23,25,27)/t13-/m1/s1. The number of hydrogen-bond acceptors (Lipinski definition) is 7. The fourth-order valence-electron chi connectivity index (χ4n) is 2.37. The number of hydrogen-bond donors (Lipinski definition) is 2. The molecule has 0 aliphatic heterocycles. The Morgan fingerprint density at radius 3 is 2.45 bits per heavy atom. The molecule has 0 saturated heterocycles. The Morgan fingerprint density at radius 1 is 1.07 bits per heavy atom. The van der Waals surface area contributed by atoms with E-state index in [2.05, 4.69) is 20.8 Å². The highest BCUT2D eigenvalue weighted by atomic mass is 16.5. The van der Waals surface area contributed by atoms with E-state index in [4.69, 9.17) is 9.15 Å². The molecule has 0 aliphatic rings. The summed E-state index contributed by atoms with van der Waals surface area (Å²) in [5.41, 5.74) is 1.76. The molecule has 0 bridgehead atoms. The van der Waals surface area contributed by atoms with E-state index in [-0.39, 0.29) is 12.1 Å². The summed E-state index contributed by atoms with van der Waals surface area (Å²) in [6.45, 7) is 1.64. The number of urea groups is 1. The van der Waals surface area contributed by atoms with Crippen LogP contribution in [0.25, 0.3) is 11.5 Å². The summed E-state index contributed by atoms with van der Waals surface area (Å²) in [6.07, 6.45) is 0.0500. The van der Waals surface area contributed by atoms with Crippen LogP contribution in [0.3, 0.4) is 0 Å². The summed E-state index contributed by atoms with van der Waals surface area (Å²) in [6, 6.07) is 14.8. The number of esters is 1. The molecule has 0 radical (unpaired) electrons. The maximum absolute atomic E-state index is 12.2. The van der Waals surface area contributed by atoms with Gasteiger partial charge in [0, 0.05) is 12.1 Å². The molecule has 0 aliphatic carbocycles. The topological polar surface area (TPSA) is 123 Å². The molecule has 1 atom stereocenters. The van der Waals surface area contributed by atoms with Crippen LogP contribution in [0.2, 0.25) is 0 Å². The number of amides is 3. The number of benzene rings is 2. The highest BCUT2D eigenvalue weighted by molar-refractivity contribution is 5.98. The Morgan fingerprint density at radius 2 is 1.79 bits per heavy atom. The lowest BCUT2D eigenvalue weighted by atomic mass is 10.1. The highest BCUT2D eigenvalue weighted by Gasteiger charge is 2.21. The molecule has 1 heterocycles. The molecule has 9 nitrogen and oxygen atoms in total. The molecular formula is C20H18N4O5. The molecule has 0 spiro atoms. The Bertz CT molecular complexity index is 972. The molecule has 0 unspecified atom stereocenters. The van der Waals surface area contributed by atoms with Gasteiger partial charge in [-0.05, 0) is 36.8 Å². The van der Waals surface area contributed by atoms with Crippen molar-refractivity contribution in [1.29, 1.82) is 0 Å². The van der Waals surface area contributed by atoms with Crippen LogP contribution in [0.4, 0.5) is 4.79 Å². The second-order valence-corrected chi connectivity index (χ2v) is 6.03. The zero-order chi connectivity index (χ0) is 20.6. The van der Waals surface area contributed by atoms with Crippen molar-refractivity contribution in [1.82, 2.24) is 20.8 Å². The molecule has 0 fully saturated rings. The molecule has 3 amide bonds. The van der Waals surface area contributed by atoms with Crippen molar-refractivity contribution in [2.75, 3.05) is 0 Å². The summed E-state index contributed by atoms with van der Waals surface area (Å²) in [7, 11) is 0. The fraction of sp³-hybridized carbons (Fsp3) is 0.150. The lowest BCUT2D eigenvalue weighted by Gasteiger charge is -2.13. The van der Waals surface area contributed by atoms with Gasteiger partial charge in [-0.2, -0.15) is 0 Å². The Balaban J connectivity index is 1.48. The molecule has 2 aromatic carbocycles. The van der Waals surface area contributed by atoms with Crippen LogP contribution >= 0.6 is 0 Å². The fourth-order valence-corrected chi connectivity index (χ4v) is 2.37. The van der Waals surface area contributed by atoms with Crippen LogP contribution in [0.5, 0.6) is 0 Å². The Labute approximate surface area is 166 Å². The minimum absolute atomic E-state index is 0.237. The van der Waals surface area contributed by atoms with Crippen molar-refractivity contribution in [3.05, 3.63) is 72.1 Å². The molecule has 9 heteroatoms. The average molecular weight is 394 g/mol. The Kier molecular flexibility index (Phi) is 6.31. The van der Waals surface area contributed by atoms with Gasteiger partial charge in [0.15, 0.2) is 6.10 Å². The number of carbonyl (C=O) groups is 3. The van der Waals surface area contributed by atoms with Crippen LogP contribution < -0.4 is 10.6 Å². The van der Waals surface area contributed by atoms with E-state index < -0.39 is 24.0 Å². The Hall–Kier alpha value is -4.01. The van der Waals surface area contributed by atoms with Gasteiger partial charge in [-0.3, -0.25) is 10.1 Å².